The number of carbonyl (C=O) groups excluding carboxylic acids is 1. The van der Waals surface area contributed by atoms with Crippen LogP contribution in [0.15, 0.2) is 43.0 Å². The van der Waals surface area contributed by atoms with Crippen molar-refractivity contribution in [1.82, 2.24) is 34.8 Å². The van der Waals surface area contributed by atoms with Gasteiger partial charge in [-0.25, -0.2) is 4.98 Å². The van der Waals surface area contributed by atoms with Crippen LogP contribution in [0.25, 0.3) is 11.4 Å². The van der Waals surface area contributed by atoms with E-state index in [1.165, 1.54) is 6.33 Å². The molecule has 0 unspecified atom stereocenters. The maximum atomic E-state index is 13.7. The number of carbonyl (C=O) groups is 1. The summed E-state index contributed by atoms with van der Waals surface area (Å²) in [6, 6.07) is 7.24. The number of likely N-dealkylation sites (N-methyl/N-ethyl adjacent to an activating group) is 1. The van der Waals surface area contributed by atoms with Crippen LogP contribution in [0.1, 0.15) is 22.0 Å². The highest BCUT2D eigenvalue weighted by Gasteiger charge is 2.38. The van der Waals surface area contributed by atoms with E-state index >= 15 is 0 Å². The fourth-order valence-corrected chi connectivity index (χ4v) is 3.83. The van der Waals surface area contributed by atoms with Gasteiger partial charge < -0.3 is 14.5 Å². The van der Waals surface area contributed by atoms with Gasteiger partial charge in [0, 0.05) is 37.5 Å². The van der Waals surface area contributed by atoms with Crippen molar-refractivity contribution >= 4 is 5.91 Å². The van der Waals surface area contributed by atoms with Crippen LogP contribution in [0.5, 0.6) is 0 Å². The molecule has 3 aromatic rings. The van der Waals surface area contributed by atoms with Crippen molar-refractivity contribution in [3.63, 3.8) is 0 Å². The van der Waals surface area contributed by atoms with Gasteiger partial charge >= 0.3 is 0 Å². The molecule has 2 aromatic heterocycles. The third-order valence-corrected chi connectivity index (χ3v) is 5.05. The topological polar surface area (TPSA) is 92.2 Å². The molecule has 0 saturated carbocycles. The monoisotopic (exact) mass is 395 g/mol. The molecule has 0 spiro atoms. The Morgan fingerprint density at radius 1 is 1.34 bits per heavy atom. The number of aromatic amines is 1. The minimum Gasteiger partial charge on any atom is -0.373 e. The van der Waals surface area contributed by atoms with E-state index in [9.17, 15) is 4.79 Å². The Kier molecular flexibility index (Phi) is 5.41. The average Bonchev–Trinajstić information content (AvgIpc) is 3.39. The Bertz CT molecular complexity index is 967. The molecule has 152 valence electrons. The molecule has 2 atom stereocenters. The Labute approximate surface area is 169 Å². The van der Waals surface area contributed by atoms with E-state index in [0.717, 1.165) is 11.1 Å². The van der Waals surface area contributed by atoms with Crippen LogP contribution in [0.4, 0.5) is 0 Å². The second-order valence-electron chi connectivity index (χ2n) is 7.44. The number of nitrogens with zero attached hydrogens (tertiary/aromatic N) is 6. The molecule has 1 aliphatic rings. The first-order valence-electron chi connectivity index (χ1n) is 9.55. The molecule has 1 N–H and O–H groups in total. The van der Waals surface area contributed by atoms with Crippen LogP contribution in [-0.4, -0.2) is 80.6 Å². The third kappa shape index (κ3) is 3.92. The first kappa shape index (κ1) is 19.3. The number of aromatic nitrogens is 5. The van der Waals surface area contributed by atoms with E-state index in [-0.39, 0.29) is 18.1 Å². The highest BCUT2D eigenvalue weighted by molar-refractivity contribution is 6.00. The molecular weight excluding hydrogens is 370 g/mol. The van der Waals surface area contributed by atoms with Crippen LogP contribution in [0.3, 0.4) is 0 Å². The molecule has 1 aliphatic heterocycles. The van der Waals surface area contributed by atoms with E-state index in [0.29, 0.717) is 31.1 Å². The standard InChI is InChI=1S/C20H25N7O2/c1-25(2)12-17-18(14-10-23-26(3)11-14)27(8-9-29-17)20(28)16-7-5-4-6-15(16)19-21-13-22-24-19/h4-7,10-11,13,17-18H,8-9,12H2,1-3H3,(H,21,22,24)/t17-,18-/m0/s1. The predicted octanol–water partition coefficient (Wildman–Crippen LogP) is 1.35. The number of morpholine rings is 1. The molecule has 9 heteroatoms. The molecule has 29 heavy (non-hydrogen) atoms. The average molecular weight is 395 g/mol. The zero-order valence-corrected chi connectivity index (χ0v) is 16.8. The number of benzene rings is 1. The molecule has 4 rings (SSSR count). The first-order valence-corrected chi connectivity index (χ1v) is 9.55. The SMILES string of the molecule is CN(C)C[C@@H]1OCCN(C(=O)c2ccccc2-c2ncn[nH]2)[C@H]1c1cnn(C)c1. The Balaban J connectivity index is 1.73. The van der Waals surface area contributed by atoms with Gasteiger partial charge in [-0.15, -0.1) is 0 Å². The molecule has 1 aromatic carbocycles. The maximum Gasteiger partial charge on any atom is 0.255 e. The van der Waals surface area contributed by atoms with Crippen molar-refractivity contribution in [2.75, 3.05) is 33.8 Å². The third-order valence-electron chi connectivity index (χ3n) is 5.05. The van der Waals surface area contributed by atoms with E-state index in [2.05, 4.69) is 25.2 Å². The summed E-state index contributed by atoms with van der Waals surface area (Å²) in [6.45, 7) is 1.70. The molecule has 0 radical (unpaired) electrons. The van der Waals surface area contributed by atoms with Gasteiger partial charge in [0.2, 0.25) is 0 Å². The smallest absolute Gasteiger partial charge is 0.255 e. The molecule has 1 fully saturated rings. The van der Waals surface area contributed by atoms with Crippen molar-refractivity contribution in [1.29, 1.82) is 0 Å². The van der Waals surface area contributed by atoms with Crippen molar-refractivity contribution in [2.45, 2.75) is 12.1 Å². The number of rotatable bonds is 5. The second kappa shape index (κ2) is 8.14. The highest BCUT2D eigenvalue weighted by Crippen LogP contribution is 2.32. The highest BCUT2D eigenvalue weighted by atomic mass is 16.5. The van der Waals surface area contributed by atoms with Crippen LogP contribution >= 0.6 is 0 Å². The number of hydrogen-bond acceptors (Lipinski definition) is 6. The van der Waals surface area contributed by atoms with Crippen molar-refractivity contribution in [3.8, 4) is 11.4 Å². The van der Waals surface area contributed by atoms with E-state index < -0.39 is 0 Å². The molecular formula is C20H25N7O2. The fourth-order valence-electron chi connectivity index (χ4n) is 3.83. The zero-order chi connectivity index (χ0) is 20.4. The maximum absolute atomic E-state index is 13.7. The normalized spacial score (nSPS) is 19.7. The fraction of sp³-hybridized carbons (Fsp3) is 0.400. The summed E-state index contributed by atoms with van der Waals surface area (Å²) in [5.41, 5.74) is 2.28. The summed E-state index contributed by atoms with van der Waals surface area (Å²) >= 11 is 0. The number of aryl methyl sites for hydroxylation is 1. The zero-order valence-electron chi connectivity index (χ0n) is 16.8. The van der Waals surface area contributed by atoms with Gasteiger partial charge in [-0.1, -0.05) is 18.2 Å². The lowest BCUT2D eigenvalue weighted by Gasteiger charge is -2.42. The van der Waals surface area contributed by atoms with Crippen LogP contribution < -0.4 is 0 Å². The van der Waals surface area contributed by atoms with E-state index in [1.807, 2.05) is 62.7 Å². The minimum atomic E-state index is -0.227. The molecule has 9 nitrogen and oxygen atoms in total. The van der Waals surface area contributed by atoms with Gasteiger partial charge in [0.1, 0.15) is 6.33 Å². The van der Waals surface area contributed by atoms with E-state index in [4.69, 9.17) is 4.74 Å². The summed E-state index contributed by atoms with van der Waals surface area (Å²) in [7, 11) is 5.88. The summed E-state index contributed by atoms with van der Waals surface area (Å²) in [6.07, 6.45) is 5.05. The quantitative estimate of drug-likeness (QED) is 0.701. The number of hydrogen-bond donors (Lipinski definition) is 1. The van der Waals surface area contributed by atoms with Gasteiger partial charge in [-0.05, 0) is 20.2 Å². The predicted molar refractivity (Wildman–Crippen MR) is 107 cm³/mol. The summed E-state index contributed by atoms with van der Waals surface area (Å²) in [4.78, 5) is 21.9. The second-order valence-corrected chi connectivity index (χ2v) is 7.44. The summed E-state index contributed by atoms with van der Waals surface area (Å²) in [5.74, 6) is 0.517. The van der Waals surface area contributed by atoms with Gasteiger partial charge in [0.25, 0.3) is 5.91 Å². The molecule has 1 amide bonds. The minimum absolute atomic E-state index is 0.0575. The summed E-state index contributed by atoms with van der Waals surface area (Å²) < 4.78 is 7.83. The van der Waals surface area contributed by atoms with Crippen molar-refractivity contribution in [3.05, 3.63) is 54.1 Å². The van der Waals surface area contributed by atoms with Crippen LogP contribution in [-0.2, 0) is 11.8 Å². The molecule has 0 aliphatic carbocycles. The Morgan fingerprint density at radius 3 is 2.86 bits per heavy atom. The largest absolute Gasteiger partial charge is 0.373 e. The van der Waals surface area contributed by atoms with Gasteiger partial charge in [-0.3, -0.25) is 14.6 Å². The van der Waals surface area contributed by atoms with Crippen LogP contribution in [0, 0.1) is 0 Å². The number of amides is 1. The van der Waals surface area contributed by atoms with Crippen molar-refractivity contribution in [2.24, 2.45) is 7.05 Å². The lowest BCUT2D eigenvalue weighted by molar-refractivity contribution is -0.0684. The van der Waals surface area contributed by atoms with Gasteiger partial charge in [0.05, 0.1) is 30.5 Å². The molecule has 3 heterocycles. The first-order chi connectivity index (χ1) is 14.0. The molecule has 1 saturated heterocycles. The molecule has 0 bridgehead atoms. The van der Waals surface area contributed by atoms with Crippen LogP contribution in [0.2, 0.25) is 0 Å². The van der Waals surface area contributed by atoms with Crippen molar-refractivity contribution < 1.29 is 9.53 Å². The van der Waals surface area contributed by atoms with Gasteiger partial charge in [0.15, 0.2) is 5.82 Å². The lowest BCUT2D eigenvalue weighted by atomic mass is 9.98. The number of ether oxygens (including phenoxy) is 1. The number of H-pyrrole nitrogens is 1. The van der Waals surface area contributed by atoms with Gasteiger partial charge in [-0.2, -0.15) is 10.2 Å². The Morgan fingerprint density at radius 2 is 2.17 bits per heavy atom. The number of nitrogens with one attached hydrogen (secondary N) is 1. The lowest BCUT2D eigenvalue weighted by Crippen LogP contribution is -2.51. The summed E-state index contributed by atoms with van der Waals surface area (Å²) in [5, 5.41) is 11.1. The Hall–Kier alpha value is -3.04. The van der Waals surface area contributed by atoms with E-state index in [1.54, 1.807) is 4.68 Å².